The van der Waals surface area contributed by atoms with Crippen molar-refractivity contribution in [2.45, 2.75) is 20.8 Å². The van der Waals surface area contributed by atoms with E-state index in [9.17, 15) is 9.18 Å². The number of anilines is 1. The van der Waals surface area contributed by atoms with Crippen molar-refractivity contribution in [1.82, 2.24) is 30.1 Å². The van der Waals surface area contributed by atoms with Gasteiger partial charge in [0.2, 0.25) is 5.88 Å². The number of fused-ring (bicyclic) bond motifs is 1. The van der Waals surface area contributed by atoms with E-state index in [4.69, 9.17) is 4.74 Å². The molecule has 4 rings (SSSR count). The van der Waals surface area contributed by atoms with Gasteiger partial charge in [-0.25, -0.2) is 23.7 Å². The normalized spacial score (nSPS) is 14.5. The number of benzene rings is 1. The van der Waals surface area contributed by atoms with Crippen LogP contribution in [0, 0.1) is 18.6 Å². The van der Waals surface area contributed by atoms with E-state index in [2.05, 4.69) is 42.2 Å². The van der Waals surface area contributed by atoms with E-state index in [-0.39, 0.29) is 28.2 Å². The predicted octanol–water partition coefficient (Wildman–Crippen LogP) is 4.19. The van der Waals surface area contributed by atoms with Gasteiger partial charge >= 0.3 is 0 Å². The Hall–Kier alpha value is -4.32. The van der Waals surface area contributed by atoms with E-state index in [0.29, 0.717) is 18.1 Å². The summed E-state index contributed by atoms with van der Waals surface area (Å²) in [7, 11) is 1.60. The van der Waals surface area contributed by atoms with E-state index in [1.807, 2.05) is 13.0 Å². The second-order valence-corrected chi connectivity index (χ2v) is 9.12. The number of aromatic nitrogens is 3. The number of rotatable bonds is 9. The fourth-order valence-electron chi connectivity index (χ4n) is 4.16. The summed E-state index contributed by atoms with van der Waals surface area (Å²) in [5.74, 6) is -2.21. The molecular formula is C27H32F2N8O2. The zero-order valence-electron chi connectivity index (χ0n) is 22.4. The largest absolute Gasteiger partial charge is 0.435 e. The van der Waals surface area contributed by atoms with Crippen LogP contribution < -0.4 is 15.4 Å². The molecule has 3 aromatic rings. The maximum absolute atomic E-state index is 15.3. The van der Waals surface area contributed by atoms with Crippen molar-refractivity contribution in [1.29, 1.82) is 0 Å². The van der Waals surface area contributed by atoms with Crippen LogP contribution in [0.2, 0.25) is 0 Å². The Bertz CT molecular complexity index is 1440. The predicted molar refractivity (Wildman–Crippen MR) is 147 cm³/mol. The number of hydrogen-bond donors (Lipinski definition) is 3. The number of allylic oxidation sites excluding steroid dienone is 3. The molecule has 1 aliphatic rings. The maximum atomic E-state index is 15.3. The van der Waals surface area contributed by atoms with Crippen molar-refractivity contribution in [2.24, 2.45) is 4.99 Å². The lowest BCUT2D eigenvalue weighted by Crippen LogP contribution is -2.42. The van der Waals surface area contributed by atoms with Crippen molar-refractivity contribution in [2.75, 3.05) is 45.1 Å². The minimum Gasteiger partial charge on any atom is -0.435 e. The van der Waals surface area contributed by atoms with Crippen LogP contribution in [0.4, 0.5) is 14.6 Å². The Labute approximate surface area is 225 Å². The number of halogens is 2. The van der Waals surface area contributed by atoms with Crippen LogP contribution in [0.15, 0.2) is 47.1 Å². The molecule has 10 nitrogen and oxygen atoms in total. The zero-order chi connectivity index (χ0) is 28.1. The molecule has 1 aromatic carbocycles. The van der Waals surface area contributed by atoms with Crippen LogP contribution >= 0.6 is 0 Å². The fraction of sp³-hybridized carbons (Fsp3) is 0.333. The Balaban J connectivity index is 1.72. The molecule has 3 N–H and O–H groups in total. The van der Waals surface area contributed by atoms with E-state index in [1.54, 1.807) is 27.0 Å². The number of ether oxygens (including phenoxy) is 1. The first-order valence-corrected chi connectivity index (χ1v) is 12.6. The highest BCUT2D eigenvalue weighted by atomic mass is 19.1. The molecule has 0 spiro atoms. The second kappa shape index (κ2) is 12.0. The minimum atomic E-state index is -0.784. The van der Waals surface area contributed by atoms with Crippen LogP contribution in [0.1, 0.15) is 29.9 Å². The number of nitrogens with zero attached hydrogens (tertiary/aromatic N) is 5. The number of carbonyl (C=O) groups is 1. The minimum absolute atomic E-state index is 0.0282. The highest BCUT2D eigenvalue weighted by molar-refractivity contribution is 6.01. The van der Waals surface area contributed by atoms with Gasteiger partial charge in [-0.1, -0.05) is 0 Å². The summed E-state index contributed by atoms with van der Waals surface area (Å²) in [5.41, 5.74) is 1.59. The SMILES string of the molecule is C=N/C(=C\C=C(/C)N1CCNCC1)Nc1ncnc(Oc2cc(F)c3[nH]c(C)cc3c2F)c1C(=O)N(C)CC. The van der Waals surface area contributed by atoms with Gasteiger partial charge in [0.15, 0.2) is 23.2 Å². The number of carbonyl (C=O) groups excluding carboxylic acids is 1. The standard InChI is InChI=1S/C27H32F2N8O2/c1-6-36(5)27(38)22-25(35-21(30-4)8-7-17(3)37-11-9-31-10-12-37)32-15-33-26(22)39-20-14-19(28)24-18(23(20)29)13-16(2)34-24/h7-8,13-15,31,34H,4,6,9-12H2,1-3,5H3,(H,32,33,35)/b17-7+,21-8+. The van der Waals surface area contributed by atoms with Crippen LogP contribution in [-0.2, 0) is 0 Å². The molecule has 0 saturated carbocycles. The van der Waals surface area contributed by atoms with Gasteiger partial charge in [0.25, 0.3) is 5.91 Å². The molecule has 0 bridgehead atoms. The van der Waals surface area contributed by atoms with Crippen LogP contribution in [0.5, 0.6) is 11.6 Å². The molecular weight excluding hydrogens is 506 g/mol. The first-order valence-electron chi connectivity index (χ1n) is 12.6. The third-order valence-corrected chi connectivity index (χ3v) is 6.47. The van der Waals surface area contributed by atoms with Crippen molar-refractivity contribution in [3.8, 4) is 11.6 Å². The quantitative estimate of drug-likeness (QED) is 0.277. The number of aliphatic imine (C=N–C) groups is 1. The first kappa shape index (κ1) is 27.7. The van der Waals surface area contributed by atoms with Crippen molar-refractivity contribution in [3.05, 3.63) is 65.0 Å². The van der Waals surface area contributed by atoms with E-state index >= 15 is 4.39 Å². The zero-order valence-corrected chi connectivity index (χ0v) is 22.4. The Morgan fingerprint density at radius 1 is 1.28 bits per heavy atom. The number of aromatic amines is 1. The molecule has 206 valence electrons. The summed E-state index contributed by atoms with van der Waals surface area (Å²) in [4.78, 5) is 32.2. The highest BCUT2D eigenvalue weighted by Crippen LogP contribution is 2.34. The number of nitrogens with one attached hydrogen (secondary N) is 3. The summed E-state index contributed by atoms with van der Waals surface area (Å²) in [6.45, 7) is 13.1. The lowest BCUT2D eigenvalue weighted by Gasteiger charge is -2.29. The van der Waals surface area contributed by atoms with Crippen molar-refractivity contribution in [3.63, 3.8) is 0 Å². The molecule has 0 aliphatic carbocycles. The summed E-state index contributed by atoms with van der Waals surface area (Å²) in [6.07, 6.45) is 4.78. The molecule has 2 aromatic heterocycles. The lowest BCUT2D eigenvalue weighted by molar-refractivity contribution is 0.0799. The molecule has 1 aliphatic heterocycles. The van der Waals surface area contributed by atoms with E-state index in [0.717, 1.165) is 44.3 Å². The number of amides is 1. The Morgan fingerprint density at radius 3 is 2.72 bits per heavy atom. The van der Waals surface area contributed by atoms with E-state index in [1.165, 1.54) is 11.0 Å². The van der Waals surface area contributed by atoms with Gasteiger partial charge < -0.3 is 30.2 Å². The molecule has 12 heteroatoms. The topological polar surface area (TPSA) is 111 Å². The monoisotopic (exact) mass is 538 g/mol. The summed E-state index contributed by atoms with van der Waals surface area (Å²) < 4.78 is 35.7. The molecule has 0 unspecified atom stereocenters. The summed E-state index contributed by atoms with van der Waals surface area (Å²) in [6, 6.07) is 2.40. The van der Waals surface area contributed by atoms with Gasteiger partial charge in [0.1, 0.15) is 17.7 Å². The molecule has 1 saturated heterocycles. The average molecular weight is 539 g/mol. The van der Waals surface area contributed by atoms with Crippen molar-refractivity contribution >= 4 is 29.3 Å². The van der Waals surface area contributed by atoms with Gasteiger partial charge in [-0.05, 0) is 45.7 Å². The number of piperazine rings is 1. The number of H-pyrrole nitrogens is 1. The average Bonchev–Trinajstić information content (AvgIpc) is 3.35. The van der Waals surface area contributed by atoms with Crippen LogP contribution in [0.3, 0.4) is 0 Å². The fourth-order valence-corrected chi connectivity index (χ4v) is 4.16. The Kier molecular flexibility index (Phi) is 8.55. The maximum Gasteiger partial charge on any atom is 0.262 e. The van der Waals surface area contributed by atoms with Gasteiger partial charge in [-0.15, -0.1) is 0 Å². The molecule has 0 atom stereocenters. The molecule has 39 heavy (non-hydrogen) atoms. The van der Waals surface area contributed by atoms with Crippen molar-refractivity contribution < 1.29 is 18.3 Å². The molecule has 0 radical (unpaired) electrons. The van der Waals surface area contributed by atoms with Crippen LogP contribution in [-0.4, -0.2) is 77.1 Å². The smallest absolute Gasteiger partial charge is 0.262 e. The van der Waals surface area contributed by atoms with Crippen LogP contribution in [0.25, 0.3) is 10.9 Å². The lowest BCUT2D eigenvalue weighted by atomic mass is 10.2. The number of hydrogen-bond acceptors (Lipinski definition) is 8. The Morgan fingerprint density at radius 2 is 2.03 bits per heavy atom. The molecule has 1 amide bonds. The van der Waals surface area contributed by atoms with E-state index < -0.39 is 23.3 Å². The molecule has 1 fully saturated rings. The second-order valence-electron chi connectivity index (χ2n) is 9.12. The van der Waals surface area contributed by atoms with Gasteiger partial charge in [-0.3, -0.25) is 4.79 Å². The van der Waals surface area contributed by atoms with Gasteiger partial charge in [-0.2, -0.15) is 0 Å². The van der Waals surface area contributed by atoms with Gasteiger partial charge in [0, 0.05) is 62.6 Å². The summed E-state index contributed by atoms with van der Waals surface area (Å²) >= 11 is 0. The van der Waals surface area contributed by atoms with Gasteiger partial charge in [0.05, 0.1) is 5.52 Å². The number of aryl methyl sites for hydroxylation is 1. The summed E-state index contributed by atoms with van der Waals surface area (Å²) in [5, 5.41) is 6.35. The third kappa shape index (κ3) is 6.06. The third-order valence-electron chi connectivity index (χ3n) is 6.47. The first-order chi connectivity index (χ1) is 18.7. The highest BCUT2D eigenvalue weighted by Gasteiger charge is 2.26. The molecule has 3 heterocycles.